The number of rotatable bonds is 3. The first-order valence-electron chi connectivity index (χ1n) is 7.81. The summed E-state index contributed by atoms with van der Waals surface area (Å²) in [4.78, 5) is 25.5. The molecular formula is C16H21N3O2S. The van der Waals surface area contributed by atoms with E-state index < -0.39 is 5.97 Å². The maximum atomic E-state index is 12.1. The van der Waals surface area contributed by atoms with Gasteiger partial charge in [-0.25, -0.2) is 14.8 Å². The van der Waals surface area contributed by atoms with E-state index in [9.17, 15) is 4.79 Å². The van der Waals surface area contributed by atoms with Crippen LogP contribution in [0.25, 0.3) is 10.2 Å². The van der Waals surface area contributed by atoms with Crippen LogP contribution in [0.1, 0.15) is 47.2 Å². The topological polar surface area (TPSA) is 55.3 Å². The number of aromatic nitrogens is 2. The molecule has 1 aliphatic heterocycles. The lowest BCUT2D eigenvalue weighted by atomic mass is 10.1. The van der Waals surface area contributed by atoms with Crippen LogP contribution in [0.15, 0.2) is 0 Å². The highest BCUT2D eigenvalue weighted by molar-refractivity contribution is 7.18. The van der Waals surface area contributed by atoms with E-state index in [2.05, 4.69) is 28.7 Å². The molecule has 3 heterocycles. The van der Waals surface area contributed by atoms with Gasteiger partial charge >= 0.3 is 5.97 Å². The van der Waals surface area contributed by atoms with E-state index >= 15 is 0 Å². The second-order valence-electron chi connectivity index (χ2n) is 5.60. The van der Waals surface area contributed by atoms with E-state index in [1.54, 1.807) is 18.3 Å². The van der Waals surface area contributed by atoms with Crippen molar-refractivity contribution < 1.29 is 9.53 Å². The van der Waals surface area contributed by atoms with E-state index in [1.807, 2.05) is 0 Å². The SMILES string of the molecule is CCOC(=O)c1nc(N2CCCCC2)c2c(C)c(C)sc2n1. The number of fused-ring (bicyclic) bond motifs is 1. The first-order chi connectivity index (χ1) is 10.6. The van der Waals surface area contributed by atoms with E-state index in [-0.39, 0.29) is 5.82 Å². The molecule has 1 saturated heterocycles. The Kier molecular flexibility index (Phi) is 4.29. The summed E-state index contributed by atoms with van der Waals surface area (Å²) in [7, 11) is 0. The zero-order chi connectivity index (χ0) is 15.7. The molecule has 6 heteroatoms. The van der Waals surface area contributed by atoms with Gasteiger partial charge in [-0.15, -0.1) is 11.3 Å². The molecule has 1 aliphatic rings. The van der Waals surface area contributed by atoms with Gasteiger partial charge in [-0.3, -0.25) is 0 Å². The second kappa shape index (κ2) is 6.20. The van der Waals surface area contributed by atoms with Crippen molar-refractivity contribution >= 4 is 33.3 Å². The summed E-state index contributed by atoms with van der Waals surface area (Å²) in [6.45, 7) is 8.30. The number of anilines is 1. The molecule has 22 heavy (non-hydrogen) atoms. The van der Waals surface area contributed by atoms with Gasteiger partial charge in [0.1, 0.15) is 10.6 Å². The van der Waals surface area contributed by atoms with Crippen LogP contribution in [0.5, 0.6) is 0 Å². The molecule has 0 saturated carbocycles. The first kappa shape index (κ1) is 15.2. The Morgan fingerprint density at radius 3 is 2.64 bits per heavy atom. The van der Waals surface area contributed by atoms with Gasteiger partial charge in [-0.05, 0) is 45.6 Å². The minimum atomic E-state index is -0.439. The highest BCUT2D eigenvalue weighted by atomic mass is 32.1. The van der Waals surface area contributed by atoms with Crippen LogP contribution in [0.3, 0.4) is 0 Å². The van der Waals surface area contributed by atoms with Gasteiger partial charge in [0, 0.05) is 18.0 Å². The maximum absolute atomic E-state index is 12.1. The number of esters is 1. The number of piperidine rings is 1. The molecule has 2 aromatic rings. The summed E-state index contributed by atoms with van der Waals surface area (Å²) in [5, 5.41) is 1.09. The van der Waals surface area contributed by atoms with E-state index in [0.29, 0.717) is 6.61 Å². The Bertz CT molecular complexity index is 705. The molecule has 0 bridgehead atoms. The Balaban J connectivity index is 2.14. The van der Waals surface area contributed by atoms with Gasteiger partial charge in [0.15, 0.2) is 0 Å². The number of aryl methyl sites for hydroxylation is 2. The first-order valence-corrected chi connectivity index (χ1v) is 8.63. The zero-order valence-electron chi connectivity index (χ0n) is 13.3. The number of ether oxygens (including phenoxy) is 1. The Morgan fingerprint density at radius 1 is 1.23 bits per heavy atom. The minimum absolute atomic E-state index is 0.177. The normalized spacial score (nSPS) is 15.3. The standard InChI is InChI=1S/C16H21N3O2S/c1-4-21-16(20)13-17-14(19-8-6-5-7-9-19)12-10(2)11(3)22-15(12)18-13/h4-9H2,1-3H3. The number of nitrogens with zero attached hydrogens (tertiary/aromatic N) is 3. The maximum Gasteiger partial charge on any atom is 0.376 e. The van der Waals surface area contributed by atoms with Crippen molar-refractivity contribution in [1.29, 1.82) is 0 Å². The smallest absolute Gasteiger partial charge is 0.376 e. The average Bonchev–Trinajstić information content (AvgIpc) is 2.82. The predicted molar refractivity (Wildman–Crippen MR) is 88.9 cm³/mol. The van der Waals surface area contributed by atoms with Crippen LogP contribution < -0.4 is 4.90 Å². The number of hydrogen-bond acceptors (Lipinski definition) is 6. The quantitative estimate of drug-likeness (QED) is 0.811. The molecule has 5 nitrogen and oxygen atoms in total. The zero-order valence-corrected chi connectivity index (χ0v) is 14.1. The van der Waals surface area contributed by atoms with Crippen LogP contribution >= 0.6 is 11.3 Å². The molecule has 0 radical (unpaired) electrons. The lowest BCUT2D eigenvalue weighted by Crippen LogP contribution is -2.31. The van der Waals surface area contributed by atoms with Gasteiger partial charge in [0.25, 0.3) is 0 Å². The fourth-order valence-electron chi connectivity index (χ4n) is 2.85. The number of carbonyl (C=O) groups is 1. The largest absolute Gasteiger partial charge is 0.460 e. The molecule has 0 unspecified atom stereocenters. The predicted octanol–water partition coefficient (Wildman–Crippen LogP) is 3.48. The molecule has 0 spiro atoms. The van der Waals surface area contributed by atoms with Crippen molar-refractivity contribution in [2.75, 3.05) is 24.6 Å². The molecule has 2 aromatic heterocycles. The summed E-state index contributed by atoms with van der Waals surface area (Å²) in [5.74, 6) is 0.636. The molecule has 0 N–H and O–H groups in total. The van der Waals surface area contributed by atoms with Gasteiger partial charge in [-0.1, -0.05) is 0 Å². The number of carbonyl (C=O) groups excluding carboxylic acids is 1. The molecule has 0 amide bonds. The molecule has 0 aliphatic carbocycles. The minimum Gasteiger partial charge on any atom is -0.460 e. The molecular weight excluding hydrogens is 298 g/mol. The lowest BCUT2D eigenvalue weighted by molar-refractivity contribution is 0.0512. The fourth-order valence-corrected chi connectivity index (χ4v) is 3.87. The molecule has 0 aromatic carbocycles. The third-order valence-electron chi connectivity index (χ3n) is 4.12. The van der Waals surface area contributed by atoms with Gasteiger partial charge < -0.3 is 9.64 Å². The van der Waals surface area contributed by atoms with Gasteiger partial charge in [0.2, 0.25) is 5.82 Å². The Labute approximate surface area is 134 Å². The monoisotopic (exact) mass is 319 g/mol. The van der Waals surface area contributed by atoms with Crippen molar-refractivity contribution in [1.82, 2.24) is 9.97 Å². The van der Waals surface area contributed by atoms with Crippen LogP contribution in [-0.2, 0) is 4.74 Å². The highest BCUT2D eigenvalue weighted by Crippen LogP contribution is 2.35. The third-order valence-corrected chi connectivity index (χ3v) is 5.22. The van der Waals surface area contributed by atoms with Crippen LogP contribution in [0, 0.1) is 13.8 Å². The van der Waals surface area contributed by atoms with Gasteiger partial charge in [0.05, 0.1) is 12.0 Å². The van der Waals surface area contributed by atoms with Crippen LogP contribution in [0.4, 0.5) is 5.82 Å². The highest BCUT2D eigenvalue weighted by Gasteiger charge is 2.23. The summed E-state index contributed by atoms with van der Waals surface area (Å²) >= 11 is 1.62. The van der Waals surface area contributed by atoms with E-state index in [0.717, 1.165) is 29.1 Å². The van der Waals surface area contributed by atoms with E-state index in [4.69, 9.17) is 4.74 Å². The summed E-state index contributed by atoms with van der Waals surface area (Å²) in [5.41, 5.74) is 1.22. The summed E-state index contributed by atoms with van der Waals surface area (Å²) < 4.78 is 5.08. The van der Waals surface area contributed by atoms with Crippen molar-refractivity contribution in [3.63, 3.8) is 0 Å². The average molecular weight is 319 g/mol. The molecule has 118 valence electrons. The number of hydrogen-bond donors (Lipinski definition) is 0. The van der Waals surface area contributed by atoms with Gasteiger partial charge in [-0.2, -0.15) is 0 Å². The Hall–Kier alpha value is -1.69. The number of thiophene rings is 1. The van der Waals surface area contributed by atoms with Crippen molar-refractivity contribution in [2.45, 2.75) is 40.0 Å². The summed E-state index contributed by atoms with van der Waals surface area (Å²) in [6, 6.07) is 0. The van der Waals surface area contributed by atoms with Crippen molar-refractivity contribution in [3.05, 3.63) is 16.3 Å². The fraction of sp³-hybridized carbons (Fsp3) is 0.562. The summed E-state index contributed by atoms with van der Waals surface area (Å²) in [6.07, 6.45) is 3.60. The molecule has 3 rings (SSSR count). The van der Waals surface area contributed by atoms with Crippen molar-refractivity contribution in [2.24, 2.45) is 0 Å². The van der Waals surface area contributed by atoms with E-state index in [1.165, 1.54) is 29.7 Å². The third kappa shape index (κ3) is 2.67. The Morgan fingerprint density at radius 2 is 1.95 bits per heavy atom. The molecule has 1 fully saturated rings. The second-order valence-corrected chi connectivity index (χ2v) is 6.81. The van der Waals surface area contributed by atoms with Crippen LogP contribution in [-0.4, -0.2) is 35.6 Å². The lowest BCUT2D eigenvalue weighted by Gasteiger charge is -2.28. The van der Waals surface area contributed by atoms with Crippen LogP contribution in [0.2, 0.25) is 0 Å². The molecule has 0 atom stereocenters. The van der Waals surface area contributed by atoms with Crippen molar-refractivity contribution in [3.8, 4) is 0 Å².